The van der Waals surface area contributed by atoms with Gasteiger partial charge in [-0.25, -0.2) is 0 Å². The van der Waals surface area contributed by atoms with Gasteiger partial charge in [0.25, 0.3) is 0 Å². The van der Waals surface area contributed by atoms with E-state index in [9.17, 15) is 4.79 Å². The number of carbonyl (C=O) groups excluding carboxylic acids is 1. The lowest BCUT2D eigenvalue weighted by Gasteiger charge is -2.41. The summed E-state index contributed by atoms with van der Waals surface area (Å²) in [6.07, 6.45) is 8.26. The van der Waals surface area contributed by atoms with Crippen LogP contribution in [-0.4, -0.2) is 35.5 Å². The van der Waals surface area contributed by atoms with E-state index < -0.39 is 0 Å². The molecule has 110 valence electrons. The highest BCUT2D eigenvalue weighted by Gasteiger charge is 2.47. The first-order valence-corrected chi connectivity index (χ1v) is 8.11. The monoisotopic (exact) mass is 266 g/mol. The Morgan fingerprint density at radius 1 is 1.32 bits per heavy atom. The molecule has 19 heavy (non-hydrogen) atoms. The Morgan fingerprint density at radius 3 is 2.58 bits per heavy atom. The largest absolute Gasteiger partial charge is 0.335 e. The van der Waals surface area contributed by atoms with E-state index in [-0.39, 0.29) is 5.54 Å². The van der Waals surface area contributed by atoms with Crippen LogP contribution >= 0.6 is 0 Å². The van der Waals surface area contributed by atoms with Crippen LogP contribution < -0.4 is 5.32 Å². The summed E-state index contributed by atoms with van der Waals surface area (Å²) < 4.78 is 0. The summed E-state index contributed by atoms with van der Waals surface area (Å²) in [6, 6.07) is 0.513. The summed E-state index contributed by atoms with van der Waals surface area (Å²) in [5, 5.41) is 3.56. The molecule has 0 radical (unpaired) electrons. The standard InChI is InChI=1S/C16H30N2O/c1-4-17-14-11-16(8-6-5-7-9-16)18(12-14)15(19)10-13(2)3/h13-14,17H,4-12H2,1-3H3/t14-/m1/s1. The summed E-state index contributed by atoms with van der Waals surface area (Å²) in [5.41, 5.74) is 0.192. The van der Waals surface area contributed by atoms with E-state index in [0.717, 1.165) is 13.1 Å². The molecule has 1 amide bonds. The minimum Gasteiger partial charge on any atom is -0.335 e. The molecule has 1 aliphatic heterocycles. The molecule has 1 heterocycles. The third-order valence-electron chi connectivity index (χ3n) is 4.76. The van der Waals surface area contributed by atoms with Gasteiger partial charge in [-0.05, 0) is 31.7 Å². The Labute approximate surface area is 118 Å². The zero-order chi connectivity index (χ0) is 13.9. The van der Waals surface area contributed by atoms with Gasteiger partial charge in [0.05, 0.1) is 0 Å². The second-order valence-corrected chi connectivity index (χ2v) is 6.85. The van der Waals surface area contributed by atoms with Crippen LogP contribution in [0.5, 0.6) is 0 Å². The first kappa shape index (κ1) is 14.8. The average molecular weight is 266 g/mol. The van der Waals surface area contributed by atoms with Crippen LogP contribution in [0.2, 0.25) is 0 Å². The van der Waals surface area contributed by atoms with Crippen LogP contribution in [0.1, 0.15) is 65.7 Å². The Bertz CT molecular complexity index is 308. The van der Waals surface area contributed by atoms with Gasteiger partial charge in [0.15, 0.2) is 0 Å². The van der Waals surface area contributed by atoms with Crippen LogP contribution in [0.25, 0.3) is 0 Å². The number of likely N-dealkylation sites (tertiary alicyclic amines) is 1. The van der Waals surface area contributed by atoms with E-state index in [4.69, 9.17) is 0 Å². The highest BCUT2D eigenvalue weighted by molar-refractivity contribution is 5.77. The van der Waals surface area contributed by atoms with E-state index in [1.807, 2.05) is 0 Å². The molecule has 1 N–H and O–H groups in total. The Morgan fingerprint density at radius 2 is 2.00 bits per heavy atom. The molecule has 2 rings (SSSR count). The molecule has 1 spiro atoms. The van der Waals surface area contributed by atoms with E-state index >= 15 is 0 Å². The van der Waals surface area contributed by atoms with Gasteiger partial charge in [0.2, 0.25) is 5.91 Å². The molecular weight excluding hydrogens is 236 g/mol. The van der Waals surface area contributed by atoms with Gasteiger partial charge in [-0.2, -0.15) is 0 Å². The molecule has 0 aromatic carbocycles. The van der Waals surface area contributed by atoms with Crippen molar-refractivity contribution >= 4 is 5.91 Å². The van der Waals surface area contributed by atoms with Crippen molar-refractivity contribution in [2.24, 2.45) is 5.92 Å². The molecular formula is C16H30N2O. The molecule has 1 saturated heterocycles. The second kappa shape index (κ2) is 6.25. The van der Waals surface area contributed by atoms with Crippen LogP contribution in [-0.2, 0) is 4.79 Å². The molecule has 0 bridgehead atoms. The molecule has 3 nitrogen and oxygen atoms in total. The van der Waals surface area contributed by atoms with Crippen molar-refractivity contribution in [3.8, 4) is 0 Å². The SMILES string of the molecule is CCN[C@H]1CN(C(=O)CC(C)C)C2(CCCCC2)C1. The van der Waals surface area contributed by atoms with E-state index in [1.54, 1.807) is 0 Å². The summed E-state index contributed by atoms with van der Waals surface area (Å²) in [4.78, 5) is 14.8. The molecule has 0 unspecified atom stereocenters. The lowest BCUT2D eigenvalue weighted by atomic mass is 9.79. The van der Waals surface area contributed by atoms with Gasteiger partial charge in [0.1, 0.15) is 0 Å². The van der Waals surface area contributed by atoms with Gasteiger partial charge in [-0.3, -0.25) is 4.79 Å². The first-order valence-electron chi connectivity index (χ1n) is 8.11. The van der Waals surface area contributed by atoms with E-state index in [1.165, 1.54) is 38.5 Å². The van der Waals surface area contributed by atoms with Crippen molar-refractivity contribution in [3.63, 3.8) is 0 Å². The smallest absolute Gasteiger partial charge is 0.223 e. The van der Waals surface area contributed by atoms with Crippen molar-refractivity contribution < 1.29 is 4.79 Å². The maximum absolute atomic E-state index is 12.6. The molecule has 1 saturated carbocycles. The van der Waals surface area contributed by atoms with Crippen LogP contribution in [0, 0.1) is 5.92 Å². The van der Waals surface area contributed by atoms with Gasteiger partial charge in [-0.15, -0.1) is 0 Å². The third-order valence-corrected chi connectivity index (χ3v) is 4.76. The van der Waals surface area contributed by atoms with Crippen molar-refractivity contribution in [1.29, 1.82) is 0 Å². The zero-order valence-electron chi connectivity index (χ0n) is 12.9. The number of nitrogens with one attached hydrogen (secondary N) is 1. The third kappa shape index (κ3) is 3.31. The highest BCUT2D eigenvalue weighted by atomic mass is 16.2. The number of rotatable bonds is 4. The Kier molecular flexibility index (Phi) is 4.88. The van der Waals surface area contributed by atoms with Crippen molar-refractivity contribution in [2.75, 3.05) is 13.1 Å². The van der Waals surface area contributed by atoms with Gasteiger partial charge in [0, 0.05) is 24.5 Å². The average Bonchev–Trinajstić information content (AvgIpc) is 2.68. The molecule has 2 fully saturated rings. The molecule has 3 heteroatoms. The predicted molar refractivity (Wildman–Crippen MR) is 79.1 cm³/mol. The predicted octanol–water partition coefficient (Wildman–Crippen LogP) is 2.95. The van der Waals surface area contributed by atoms with E-state index in [0.29, 0.717) is 24.3 Å². The number of carbonyl (C=O) groups is 1. The summed E-state index contributed by atoms with van der Waals surface area (Å²) in [5.74, 6) is 0.851. The fourth-order valence-electron chi connectivity index (χ4n) is 3.98. The Balaban J connectivity index is 2.10. The molecule has 1 atom stereocenters. The van der Waals surface area contributed by atoms with Crippen molar-refractivity contribution in [1.82, 2.24) is 10.2 Å². The fourth-order valence-corrected chi connectivity index (χ4v) is 3.98. The quantitative estimate of drug-likeness (QED) is 0.848. The normalized spacial score (nSPS) is 26.3. The summed E-state index contributed by atoms with van der Waals surface area (Å²) in [7, 11) is 0. The summed E-state index contributed by atoms with van der Waals surface area (Å²) >= 11 is 0. The Hall–Kier alpha value is -0.570. The van der Waals surface area contributed by atoms with Crippen LogP contribution in [0.4, 0.5) is 0 Å². The topological polar surface area (TPSA) is 32.3 Å². The van der Waals surface area contributed by atoms with Crippen LogP contribution in [0.3, 0.4) is 0 Å². The number of likely N-dealkylation sites (N-methyl/N-ethyl adjacent to an activating group) is 1. The fraction of sp³-hybridized carbons (Fsp3) is 0.938. The number of hydrogen-bond acceptors (Lipinski definition) is 2. The first-order chi connectivity index (χ1) is 9.07. The van der Waals surface area contributed by atoms with Gasteiger partial charge < -0.3 is 10.2 Å². The van der Waals surface area contributed by atoms with Crippen molar-refractivity contribution in [2.45, 2.75) is 77.3 Å². The minimum atomic E-state index is 0.192. The number of hydrogen-bond donors (Lipinski definition) is 1. The molecule has 1 aliphatic carbocycles. The molecule has 2 aliphatic rings. The zero-order valence-corrected chi connectivity index (χ0v) is 12.9. The number of amides is 1. The van der Waals surface area contributed by atoms with Gasteiger partial charge in [-0.1, -0.05) is 40.0 Å². The molecule has 0 aromatic rings. The lowest BCUT2D eigenvalue weighted by Crippen LogP contribution is -2.48. The maximum Gasteiger partial charge on any atom is 0.223 e. The maximum atomic E-state index is 12.6. The second-order valence-electron chi connectivity index (χ2n) is 6.85. The molecule has 0 aromatic heterocycles. The van der Waals surface area contributed by atoms with E-state index in [2.05, 4.69) is 31.0 Å². The lowest BCUT2D eigenvalue weighted by molar-refractivity contribution is -0.137. The highest BCUT2D eigenvalue weighted by Crippen LogP contribution is 2.42. The minimum absolute atomic E-state index is 0.192. The van der Waals surface area contributed by atoms with Gasteiger partial charge >= 0.3 is 0 Å². The van der Waals surface area contributed by atoms with Crippen molar-refractivity contribution in [3.05, 3.63) is 0 Å². The summed E-state index contributed by atoms with van der Waals surface area (Å²) in [6.45, 7) is 8.38. The number of nitrogens with zero attached hydrogens (tertiary/aromatic N) is 1. The van der Waals surface area contributed by atoms with Crippen LogP contribution in [0.15, 0.2) is 0 Å².